The molecule has 4 amide bonds. The van der Waals surface area contributed by atoms with Crippen molar-refractivity contribution in [1.82, 2.24) is 4.90 Å². The van der Waals surface area contributed by atoms with Crippen LogP contribution in [0.15, 0.2) is 114 Å². The van der Waals surface area contributed by atoms with Gasteiger partial charge in [-0.05, 0) is 115 Å². The maximum absolute atomic E-state index is 13.0. The van der Waals surface area contributed by atoms with Gasteiger partial charge >= 0.3 is 0 Å². The molecule has 0 radical (unpaired) electrons. The highest BCUT2D eigenvalue weighted by Crippen LogP contribution is 2.54. The number of nitrogens with zero attached hydrogens (tertiary/aromatic N) is 2. The molecular formula is C58H72N2O4. The van der Waals surface area contributed by atoms with E-state index in [-0.39, 0.29) is 69.0 Å². The van der Waals surface area contributed by atoms with E-state index in [0.717, 1.165) is 47.2 Å². The van der Waals surface area contributed by atoms with Gasteiger partial charge in [-0.1, -0.05) is 177 Å². The first-order valence-corrected chi connectivity index (χ1v) is 23.4. The first-order valence-electron chi connectivity index (χ1n) is 23.4. The third-order valence-corrected chi connectivity index (χ3v) is 14.2. The number of hydrogen-bond acceptors (Lipinski definition) is 4. The fourth-order valence-electron chi connectivity index (χ4n) is 10.3. The van der Waals surface area contributed by atoms with Crippen molar-refractivity contribution in [3.8, 4) is 0 Å². The van der Waals surface area contributed by atoms with Crippen molar-refractivity contribution in [3.63, 3.8) is 0 Å². The summed E-state index contributed by atoms with van der Waals surface area (Å²) in [6.07, 6.45) is 12.3. The lowest BCUT2D eigenvalue weighted by molar-refractivity contribution is -0.134. The number of imide groups is 2. The van der Waals surface area contributed by atoms with Gasteiger partial charge < -0.3 is 0 Å². The second-order valence-corrected chi connectivity index (χ2v) is 22.0. The zero-order valence-corrected chi connectivity index (χ0v) is 41.3. The standard InChI is InChI=1S/C58H72N2O4/c1-35(2)39(9)53(59-49(61)24-25-50(59)62)44(36(3)4)21-18-28-55(10,11)42-22-23-47-48(32-42)57(14,15)34-58(47,16)43-20-17-19-41(31-43)56(12,13)33-40-29-45(37(5)6)54(46(30-40)38(7)8)60-51(63)26-27-52(60)64/h17-27,29-32,35-38H,9,28,33-34H2,1-8,10-16H3/b21-18-,53-44-. The van der Waals surface area contributed by atoms with E-state index in [2.05, 4.69) is 163 Å². The molecule has 3 aliphatic rings. The molecule has 6 rings (SSSR count). The number of anilines is 1. The minimum absolute atomic E-state index is 0.0596. The van der Waals surface area contributed by atoms with E-state index in [1.165, 1.54) is 67.5 Å². The highest BCUT2D eigenvalue weighted by atomic mass is 16.2. The largest absolute Gasteiger partial charge is 0.269 e. The summed E-state index contributed by atoms with van der Waals surface area (Å²) < 4.78 is 0. The van der Waals surface area contributed by atoms with Crippen molar-refractivity contribution >= 4 is 29.3 Å². The Morgan fingerprint density at radius 1 is 0.688 bits per heavy atom. The minimum atomic E-state index is -0.324. The average molecular weight is 861 g/mol. The van der Waals surface area contributed by atoms with Gasteiger partial charge in [-0.15, -0.1) is 0 Å². The summed E-state index contributed by atoms with van der Waals surface area (Å²) in [6, 6.07) is 20.8. The van der Waals surface area contributed by atoms with Crippen molar-refractivity contribution in [3.05, 3.63) is 159 Å². The van der Waals surface area contributed by atoms with E-state index >= 15 is 0 Å². The highest BCUT2D eigenvalue weighted by molar-refractivity contribution is 6.28. The number of carbonyl (C=O) groups excluding carboxylic acids is 4. The molecule has 6 nitrogen and oxygen atoms in total. The topological polar surface area (TPSA) is 74.8 Å². The van der Waals surface area contributed by atoms with Gasteiger partial charge in [0, 0.05) is 29.7 Å². The van der Waals surface area contributed by atoms with Crippen molar-refractivity contribution in [2.24, 2.45) is 11.8 Å². The number of fused-ring (bicyclic) bond motifs is 1. The van der Waals surface area contributed by atoms with Crippen LogP contribution in [-0.2, 0) is 47.3 Å². The normalized spacial score (nSPS) is 19.2. The second-order valence-electron chi connectivity index (χ2n) is 22.0. The molecule has 1 atom stereocenters. The molecule has 0 bridgehead atoms. The SMILES string of the molecule is C=C(/C(=C(\C=C/CC(C)(C)c1ccc2c(c1)C(C)(C)CC2(C)c1cccc(C(C)(C)Cc2cc(C(C)C)c(N3C(=O)C=CC3=O)c(C(C)C)c2)c1)C(C)C)N1C(=O)C=CC1=O)C(C)C. The summed E-state index contributed by atoms with van der Waals surface area (Å²) in [4.78, 5) is 54.4. The van der Waals surface area contributed by atoms with E-state index in [4.69, 9.17) is 0 Å². The molecule has 1 aliphatic carbocycles. The van der Waals surface area contributed by atoms with Gasteiger partial charge in [0.15, 0.2) is 0 Å². The molecule has 0 saturated carbocycles. The van der Waals surface area contributed by atoms with E-state index in [1.807, 2.05) is 13.8 Å². The molecule has 3 aromatic carbocycles. The van der Waals surface area contributed by atoms with Crippen molar-refractivity contribution in [1.29, 1.82) is 0 Å². The molecule has 2 aliphatic heterocycles. The summed E-state index contributed by atoms with van der Waals surface area (Å²) in [7, 11) is 0. The lowest BCUT2D eigenvalue weighted by atomic mass is 9.72. The third kappa shape index (κ3) is 8.99. The van der Waals surface area contributed by atoms with Crippen LogP contribution in [0, 0.1) is 11.8 Å². The van der Waals surface area contributed by atoms with Crippen LogP contribution in [0.4, 0.5) is 5.69 Å². The molecule has 64 heavy (non-hydrogen) atoms. The molecule has 0 aromatic heterocycles. The van der Waals surface area contributed by atoms with Crippen LogP contribution in [0.5, 0.6) is 0 Å². The smallest absolute Gasteiger partial charge is 0.258 e. The molecular weight excluding hydrogens is 789 g/mol. The van der Waals surface area contributed by atoms with Crippen LogP contribution >= 0.6 is 0 Å². The van der Waals surface area contributed by atoms with E-state index < -0.39 is 0 Å². The molecule has 3 aromatic rings. The Balaban J connectivity index is 1.30. The third-order valence-electron chi connectivity index (χ3n) is 14.2. The summed E-state index contributed by atoms with van der Waals surface area (Å²) in [6.45, 7) is 37.5. The number of hydrogen-bond donors (Lipinski definition) is 0. The fraction of sp³-hybridized carbons (Fsp3) is 0.448. The molecule has 0 saturated heterocycles. The second kappa shape index (κ2) is 17.6. The highest BCUT2D eigenvalue weighted by Gasteiger charge is 2.46. The van der Waals surface area contributed by atoms with Crippen molar-refractivity contribution in [2.45, 2.75) is 157 Å². The zero-order valence-electron chi connectivity index (χ0n) is 41.3. The Morgan fingerprint density at radius 3 is 1.77 bits per heavy atom. The van der Waals surface area contributed by atoms with Crippen LogP contribution in [0.1, 0.15) is 173 Å². The van der Waals surface area contributed by atoms with Gasteiger partial charge in [-0.25, -0.2) is 9.80 Å². The van der Waals surface area contributed by atoms with Gasteiger partial charge in [-0.2, -0.15) is 0 Å². The maximum atomic E-state index is 13.0. The first kappa shape index (κ1) is 48.1. The Kier molecular flexibility index (Phi) is 13.2. The lowest BCUT2D eigenvalue weighted by Crippen LogP contribution is -2.32. The Hall–Kier alpha value is -5.36. The minimum Gasteiger partial charge on any atom is -0.269 e. The molecule has 0 spiro atoms. The van der Waals surface area contributed by atoms with Gasteiger partial charge in [-0.3, -0.25) is 19.2 Å². The van der Waals surface area contributed by atoms with E-state index in [0.29, 0.717) is 5.70 Å². The number of benzene rings is 3. The molecule has 0 N–H and O–H groups in total. The van der Waals surface area contributed by atoms with Gasteiger partial charge in [0.1, 0.15) is 0 Å². The van der Waals surface area contributed by atoms with Gasteiger partial charge in [0.2, 0.25) is 0 Å². The Bertz CT molecular complexity index is 2470. The molecule has 2 heterocycles. The monoisotopic (exact) mass is 861 g/mol. The number of allylic oxidation sites excluding steroid dienone is 4. The maximum Gasteiger partial charge on any atom is 0.258 e. The zero-order chi connectivity index (χ0) is 47.4. The van der Waals surface area contributed by atoms with Crippen LogP contribution in [0.2, 0.25) is 0 Å². The lowest BCUT2D eigenvalue weighted by Gasteiger charge is -2.32. The molecule has 338 valence electrons. The molecule has 1 unspecified atom stereocenters. The fourth-order valence-corrected chi connectivity index (χ4v) is 10.3. The van der Waals surface area contributed by atoms with Gasteiger partial charge in [0.05, 0.1) is 11.4 Å². The summed E-state index contributed by atoms with van der Waals surface area (Å²) >= 11 is 0. The first-order chi connectivity index (χ1) is 29.7. The van der Waals surface area contributed by atoms with Crippen molar-refractivity contribution in [2.75, 3.05) is 4.90 Å². The number of rotatable bonds is 15. The van der Waals surface area contributed by atoms with Crippen molar-refractivity contribution < 1.29 is 19.2 Å². The quantitative estimate of drug-likeness (QED) is 0.113. The van der Waals surface area contributed by atoms with Crippen LogP contribution in [0.25, 0.3) is 0 Å². The van der Waals surface area contributed by atoms with Crippen LogP contribution < -0.4 is 4.90 Å². The summed E-state index contributed by atoms with van der Waals surface area (Å²) in [5.41, 5.74) is 12.3. The summed E-state index contributed by atoms with van der Waals surface area (Å²) in [5, 5.41) is 0. The Labute approximate surface area is 384 Å². The number of carbonyl (C=O) groups is 4. The molecule has 0 fully saturated rings. The van der Waals surface area contributed by atoms with Crippen LogP contribution in [0.3, 0.4) is 0 Å². The van der Waals surface area contributed by atoms with Gasteiger partial charge in [0.25, 0.3) is 23.6 Å². The number of amides is 4. The van der Waals surface area contributed by atoms with E-state index in [9.17, 15) is 19.2 Å². The van der Waals surface area contributed by atoms with Crippen LogP contribution in [-0.4, -0.2) is 28.5 Å². The average Bonchev–Trinajstić information content (AvgIpc) is 3.80. The van der Waals surface area contributed by atoms with E-state index in [1.54, 1.807) is 0 Å². The predicted molar refractivity (Wildman–Crippen MR) is 264 cm³/mol. The summed E-state index contributed by atoms with van der Waals surface area (Å²) in [5.74, 6) is -0.838. The Morgan fingerprint density at radius 2 is 1.23 bits per heavy atom. The molecule has 6 heteroatoms. The predicted octanol–water partition coefficient (Wildman–Crippen LogP) is 13.1.